The molecule has 16 nitrogen and oxygen atoms in total. The highest BCUT2D eigenvalue weighted by atomic mass is 16.8. The molecular weight excluding hydrogens is 580 g/mol. The number of esters is 4. The Morgan fingerprint density at radius 3 is 2.02 bits per heavy atom. The first-order chi connectivity index (χ1) is 20.3. The molecule has 0 saturated carbocycles. The van der Waals surface area contributed by atoms with Crippen molar-refractivity contribution in [3.63, 3.8) is 0 Å². The lowest BCUT2D eigenvalue weighted by Gasteiger charge is -2.44. The fraction of sp³-hybridized carbons (Fsp3) is 0.556. The predicted molar refractivity (Wildman–Crippen MR) is 138 cm³/mol. The second-order valence-electron chi connectivity index (χ2n) is 9.72. The fourth-order valence-corrected chi connectivity index (χ4v) is 4.36. The normalized spacial score (nSPS) is 32.3. The molecule has 2 saturated heterocycles. The van der Waals surface area contributed by atoms with Gasteiger partial charge in [-0.3, -0.25) is 14.4 Å². The van der Waals surface area contributed by atoms with Crippen molar-refractivity contribution in [3.8, 4) is 5.75 Å². The molecule has 0 spiro atoms. The molecule has 9 atom stereocenters. The molecule has 3 rings (SSSR count). The minimum Gasteiger partial charge on any atom is -0.508 e. The number of ether oxygens (including phenoxy) is 7. The van der Waals surface area contributed by atoms with Crippen LogP contribution in [-0.4, -0.2) is 124 Å². The lowest BCUT2D eigenvalue weighted by Crippen LogP contribution is -2.64. The van der Waals surface area contributed by atoms with E-state index in [9.17, 15) is 44.7 Å². The van der Waals surface area contributed by atoms with Gasteiger partial charge in [-0.2, -0.15) is 0 Å². The highest BCUT2D eigenvalue weighted by molar-refractivity contribution is 5.87. The summed E-state index contributed by atoms with van der Waals surface area (Å²) in [7, 11) is 0. The van der Waals surface area contributed by atoms with Gasteiger partial charge >= 0.3 is 23.9 Å². The zero-order chi connectivity index (χ0) is 31.9. The van der Waals surface area contributed by atoms with Crippen molar-refractivity contribution < 1.29 is 77.9 Å². The second-order valence-corrected chi connectivity index (χ2v) is 9.72. The van der Waals surface area contributed by atoms with Crippen LogP contribution in [0.3, 0.4) is 0 Å². The summed E-state index contributed by atoms with van der Waals surface area (Å²) in [5.74, 6) is -5.91. The van der Waals surface area contributed by atoms with Crippen molar-refractivity contribution in [2.24, 2.45) is 0 Å². The van der Waals surface area contributed by atoms with Gasteiger partial charge in [0.15, 0.2) is 12.2 Å². The molecule has 16 heteroatoms. The van der Waals surface area contributed by atoms with E-state index < -0.39 is 98.5 Å². The topological polar surface area (TPSA) is 234 Å². The molecule has 1 aromatic rings. The Kier molecular flexibility index (Phi) is 11.6. The second kappa shape index (κ2) is 14.7. The number of aliphatic hydroxyl groups is 4. The van der Waals surface area contributed by atoms with Gasteiger partial charge in [0.2, 0.25) is 12.1 Å². The standard InChI is InChI=1S/C27H34O16/c1-13(29)37-10-18-21(34)23(36)24(39-15(3)31)26(40-18)43-27(12-28)25(22(35)19(42-27)11-38-14(2)30)41-20(33)9-6-16-4-7-17(32)8-5-16/h4-9,18-19,21-26,28,32,34-36H,10-12H2,1-3H3/t18-,19-,21-,22-,23+,24-,25+,26-,27+/m1/s1. The van der Waals surface area contributed by atoms with E-state index in [-0.39, 0.29) is 5.75 Å². The van der Waals surface area contributed by atoms with Gasteiger partial charge in [-0.1, -0.05) is 12.1 Å². The van der Waals surface area contributed by atoms with E-state index in [1.807, 2.05) is 0 Å². The zero-order valence-corrected chi connectivity index (χ0v) is 23.4. The Balaban J connectivity index is 1.93. The van der Waals surface area contributed by atoms with E-state index in [1.54, 1.807) is 0 Å². The van der Waals surface area contributed by atoms with E-state index in [2.05, 4.69) is 0 Å². The number of phenolic OH excluding ortho intramolecular Hbond substituents is 1. The highest BCUT2D eigenvalue weighted by Gasteiger charge is 2.61. The van der Waals surface area contributed by atoms with Crippen LogP contribution in [0.25, 0.3) is 6.08 Å². The number of aliphatic hydroxyl groups excluding tert-OH is 4. The van der Waals surface area contributed by atoms with Crippen molar-refractivity contribution in [1.29, 1.82) is 0 Å². The summed E-state index contributed by atoms with van der Waals surface area (Å²) >= 11 is 0. The number of rotatable bonds is 11. The molecule has 2 fully saturated rings. The number of hydrogen-bond donors (Lipinski definition) is 5. The van der Waals surface area contributed by atoms with Crippen molar-refractivity contribution >= 4 is 30.0 Å². The predicted octanol–water partition coefficient (Wildman–Crippen LogP) is -1.71. The first-order valence-corrected chi connectivity index (χ1v) is 13.0. The molecule has 0 aliphatic carbocycles. The van der Waals surface area contributed by atoms with Gasteiger partial charge in [0, 0.05) is 26.8 Å². The molecule has 43 heavy (non-hydrogen) atoms. The van der Waals surface area contributed by atoms with Crippen LogP contribution in [0.15, 0.2) is 30.3 Å². The summed E-state index contributed by atoms with van der Waals surface area (Å²) in [4.78, 5) is 47.3. The molecular formula is C27H34O16. The van der Waals surface area contributed by atoms with Crippen LogP contribution in [0.2, 0.25) is 0 Å². The molecule has 0 unspecified atom stereocenters. The van der Waals surface area contributed by atoms with Crippen molar-refractivity contribution in [3.05, 3.63) is 35.9 Å². The Bertz CT molecular complexity index is 1170. The van der Waals surface area contributed by atoms with Gasteiger partial charge in [0.25, 0.3) is 0 Å². The van der Waals surface area contributed by atoms with Gasteiger partial charge in [-0.25, -0.2) is 4.79 Å². The summed E-state index contributed by atoms with van der Waals surface area (Å²) < 4.78 is 37.5. The van der Waals surface area contributed by atoms with Crippen LogP contribution in [0.4, 0.5) is 0 Å². The maximum Gasteiger partial charge on any atom is 0.331 e. The molecule has 2 aliphatic rings. The third kappa shape index (κ3) is 8.70. The van der Waals surface area contributed by atoms with E-state index in [0.29, 0.717) is 5.56 Å². The average Bonchev–Trinajstić information content (AvgIpc) is 3.20. The first kappa shape index (κ1) is 33.9. The van der Waals surface area contributed by atoms with Crippen LogP contribution in [0.5, 0.6) is 5.75 Å². The molecule has 2 aliphatic heterocycles. The van der Waals surface area contributed by atoms with E-state index >= 15 is 0 Å². The molecule has 0 bridgehead atoms. The van der Waals surface area contributed by atoms with Crippen LogP contribution in [0.1, 0.15) is 26.3 Å². The van der Waals surface area contributed by atoms with Crippen LogP contribution >= 0.6 is 0 Å². The first-order valence-electron chi connectivity index (χ1n) is 13.0. The summed E-state index contributed by atoms with van der Waals surface area (Å²) in [5.41, 5.74) is 0.501. The van der Waals surface area contributed by atoms with E-state index in [1.165, 1.54) is 30.3 Å². The van der Waals surface area contributed by atoms with Gasteiger partial charge in [0.05, 0.1) is 0 Å². The maximum atomic E-state index is 12.8. The minimum absolute atomic E-state index is 0.000580. The van der Waals surface area contributed by atoms with Crippen molar-refractivity contribution in [2.75, 3.05) is 19.8 Å². The minimum atomic E-state index is -2.47. The van der Waals surface area contributed by atoms with Gasteiger partial charge in [0.1, 0.15) is 56.1 Å². The largest absolute Gasteiger partial charge is 0.508 e. The summed E-state index contributed by atoms with van der Waals surface area (Å²) in [6, 6.07) is 5.77. The molecule has 0 aromatic heterocycles. The Labute approximate surface area is 245 Å². The Hall–Kier alpha value is -3.64. The highest BCUT2D eigenvalue weighted by Crippen LogP contribution is 2.39. The number of carbonyl (C=O) groups is 4. The molecule has 0 radical (unpaired) electrons. The van der Waals surface area contributed by atoms with Crippen LogP contribution in [0, 0.1) is 0 Å². The third-order valence-electron chi connectivity index (χ3n) is 6.41. The van der Waals surface area contributed by atoms with Crippen molar-refractivity contribution in [1.82, 2.24) is 0 Å². The fourth-order valence-electron chi connectivity index (χ4n) is 4.36. The molecule has 2 heterocycles. The third-order valence-corrected chi connectivity index (χ3v) is 6.41. The van der Waals surface area contributed by atoms with Crippen LogP contribution in [-0.2, 0) is 52.3 Å². The molecule has 1 aromatic carbocycles. The number of benzene rings is 1. The quantitative estimate of drug-likeness (QED) is 0.106. The summed E-state index contributed by atoms with van der Waals surface area (Å²) in [5, 5.41) is 52.1. The number of phenols is 1. The Morgan fingerprint density at radius 2 is 1.47 bits per heavy atom. The van der Waals surface area contributed by atoms with E-state index in [0.717, 1.165) is 26.8 Å². The van der Waals surface area contributed by atoms with Crippen LogP contribution < -0.4 is 0 Å². The Morgan fingerprint density at radius 1 is 0.860 bits per heavy atom. The average molecular weight is 615 g/mol. The maximum absolute atomic E-state index is 12.8. The molecule has 5 N–H and O–H groups in total. The summed E-state index contributed by atoms with van der Waals surface area (Å²) in [6.45, 7) is 0.936. The lowest BCUT2D eigenvalue weighted by molar-refractivity contribution is -0.383. The summed E-state index contributed by atoms with van der Waals surface area (Å²) in [6.07, 6.45) is -11.3. The number of hydrogen-bond acceptors (Lipinski definition) is 16. The van der Waals surface area contributed by atoms with Gasteiger partial charge < -0.3 is 58.7 Å². The monoisotopic (exact) mass is 614 g/mol. The number of carbonyl (C=O) groups excluding carboxylic acids is 4. The SMILES string of the molecule is CC(=O)OC[C@H]1O[C@@](CO)(O[C@H]2O[C@H](COC(C)=O)[C@@H](O)[C@H](O)[C@H]2OC(C)=O)[C@@H](OC(=O)C=Cc2ccc(O)cc2)[C@@H]1O. The molecule has 0 amide bonds. The number of aromatic hydroxyl groups is 1. The zero-order valence-electron chi connectivity index (χ0n) is 23.4. The van der Waals surface area contributed by atoms with E-state index in [4.69, 9.17) is 33.2 Å². The molecule has 238 valence electrons. The van der Waals surface area contributed by atoms with Gasteiger partial charge in [-0.15, -0.1) is 0 Å². The van der Waals surface area contributed by atoms with Gasteiger partial charge in [-0.05, 0) is 23.8 Å². The lowest BCUT2D eigenvalue weighted by atomic mass is 9.98. The smallest absolute Gasteiger partial charge is 0.331 e. The van der Waals surface area contributed by atoms with Crippen molar-refractivity contribution in [2.45, 2.75) is 75.6 Å².